The molecule has 7 nitrogen and oxygen atoms in total. The molecule has 0 saturated heterocycles. The van der Waals surface area contributed by atoms with Crippen LogP contribution in [0.25, 0.3) is 0 Å². The lowest BCUT2D eigenvalue weighted by molar-refractivity contribution is -0.117. The van der Waals surface area contributed by atoms with E-state index in [2.05, 4.69) is 21.9 Å². The molecule has 0 spiro atoms. The quantitative estimate of drug-likeness (QED) is 0.757. The van der Waals surface area contributed by atoms with Crippen LogP contribution in [-0.4, -0.2) is 35.0 Å². The fourth-order valence-electron chi connectivity index (χ4n) is 1.99. The highest BCUT2D eigenvalue weighted by Gasteiger charge is 2.20. The third-order valence-corrected chi connectivity index (χ3v) is 3.09. The maximum atomic E-state index is 12.4. The SMILES string of the molecule is CCCCCN(CC(=O)Nc1ccon1)C(=O)c1ccco1. The fraction of sp³-hybridized carbons (Fsp3) is 0.400. The number of hydrogen-bond acceptors (Lipinski definition) is 5. The molecule has 0 radical (unpaired) electrons. The number of furan rings is 1. The molecule has 2 aromatic rings. The lowest BCUT2D eigenvalue weighted by Crippen LogP contribution is -2.38. The molecule has 0 fully saturated rings. The summed E-state index contributed by atoms with van der Waals surface area (Å²) in [6.45, 7) is 2.52. The minimum atomic E-state index is -0.328. The van der Waals surface area contributed by atoms with Gasteiger partial charge in [0.15, 0.2) is 11.6 Å². The third kappa shape index (κ3) is 4.47. The summed E-state index contributed by atoms with van der Waals surface area (Å²) in [6.07, 6.45) is 5.66. The van der Waals surface area contributed by atoms with Gasteiger partial charge in [-0.15, -0.1) is 0 Å². The average Bonchev–Trinajstić information content (AvgIpc) is 3.18. The number of nitrogens with one attached hydrogen (secondary N) is 1. The van der Waals surface area contributed by atoms with Gasteiger partial charge in [-0.2, -0.15) is 0 Å². The van der Waals surface area contributed by atoms with Crippen molar-refractivity contribution in [2.24, 2.45) is 0 Å². The van der Waals surface area contributed by atoms with Crippen molar-refractivity contribution in [2.45, 2.75) is 26.2 Å². The molecule has 2 aromatic heterocycles. The Hall–Kier alpha value is -2.57. The van der Waals surface area contributed by atoms with Crippen LogP contribution < -0.4 is 5.32 Å². The Bertz CT molecular complexity index is 578. The van der Waals surface area contributed by atoms with Gasteiger partial charge in [0, 0.05) is 12.6 Å². The summed E-state index contributed by atoms with van der Waals surface area (Å²) >= 11 is 0. The number of aromatic nitrogens is 1. The highest BCUT2D eigenvalue weighted by atomic mass is 16.5. The summed E-state index contributed by atoms with van der Waals surface area (Å²) in [5, 5.41) is 6.18. The van der Waals surface area contributed by atoms with Crippen molar-refractivity contribution in [3.05, 3.63) is 36.5 Å². The van der Waals surface area contributed by atoms with E-state index in [4.69, 9.17) is 4.42 Å². The van der Waals surface area contributed by atoms with E-state index in [-0.39, 0.29) is 24.1 Å². The number of nitrogens with zero attached hydrogens (tertiary/aromatic N) is 2. The molecule has 2 rings (SSSR count). The molecular formula is C15H19N3O4. The summed E-state index contributed by atoms with van der Waals surface area (Å²) in [7, 11) is 0. The van der Waals surface area contributed by atoms with Gasteiger partial charge in [0.2, 0.25) is 5.91 Å². The Balaban J connectivity index is 1.97. The number of hydrogen-bond donors (Lipinski definition) is 1. The lowest BCUT2D eigenvalue weighted by Gasteiger charge is -2.20. The molecule has 118 valence electrons. The van der Waals surface area contributed by atoms with Crippen LogP contribution in [0.2, 0.25) is 0 Å². The highest BCUT2D eigenvalue weighted by molar-refractivity contribution is 5.97. The molecule has 1 N–H and O–H groups in total. The zero-order valence-corrected chi connectivity index (χ0v) is 12.4. The van der Waals surface area contributed by atoms with Crippen LogP contribution in [0, 0.1) is 0 Å². The lowest BCUT2D eigenvalue weighted by atomic mass is 10.2. The molecule has 0 unspecified atom stereocenters. The number of amides is 2. The van der Waals surface area contributed by atoms with Crippen LogP contribution in [0.15, 0.2) is 39.7 Å². The molecule has 22 heavy (non-hydrogen) atoms. The molecule has 2 heterocycles. The van der Waals surface area contributed by atoms with Gasteiger partial charge in [0.25, 0.3) is 5.91 Å². The van der Waals surface area contributed by atoms with Crippen molar-refractivity contribution >= 4 is 17.6 Å². The van der Waals surface area contributed by atoms with Crippen LogP contribution in [0.5, 0.6) is 0 Å². The molecule has 0 atom stereocenters. The Labute approximate surface area is 128 Å². The van der Waals surface area contributed by atoms with E-state index >= 15 is 0 Å². The second-order valence-corrected chi connectivity index (χ2v) is 4.84. The van der Waals surface area contributed by atoms with Crippen molar-refractivity contribution in [1.82, 2.24) is 10.1 Å². The molecule has 0 bridgehead atoms. The first-order chi connectivity index (χ1) is 10.7. The number of carbonyl (C=O) groups is 2. The maximum absolute atomic E-state index is 12.4. The predicted octanol–water partition coefficient (Wildman–Crippen LogP) is 2.54. The summed E-state index contributed by atoms with van der Waals surface area (Å²) < 4.78 is 9.77. The van der Waals surface area contributed by atoms with Gasteiger partial charge in [-0.1, -0.05) is 24.9 Å². The Morgan fingerprint density at radius 2 is 2.14 bits per heavy atom. The zero-order chi connectivity index (χ0) is 15.8. The van der Waals surface area contributed by atoms with Gasteiger partial charge in [0.1, 0.15) is 12.8 Å². The second kappa shape index (κ2) is 8.02. The van der Waals surface area contributed by atoms with Gasteiger partial charge in [-0.05, 0) is 18.6 Å². The van der Waals surface area contributed by atoms with E-state index in [0.717, 1.165) is 19.3 Å². The van der Waals surface area contributed by atoms with Crippen molar-refractivity contribution in [3.8, 4) is 0 Å². The first-order valence-electron chi connectivity index (χ1n) is 7.23. The second-order valence-electron chi connectivity index (χ2n) is 4.84. The van der Waals surface area contributed by atoms with E-state index in [0.29, 0.717) is 12.4 Å². The Kier molecular flexibility index (Phi) is 5.76. The molecule has 2 amide bonds. The van der Waals surface area contributed by atoms with Crippen LogP contribution in [0.4, 0.5) is 5.82 Å². The fourth-order valence-corrected chi connectivity index (χ4v) is 1.99. The molecule has 0 aromatic carbocycles. The predicted molar refractivity (Wildman–Crippen MR) is 79.3 cm³/mol. The monoisotopic (exact) mass is 305 g/mol. The summed E-state index contributed by atoms with van der Waals surface area (Å²) in [5.41, 5.74) is 0. The molecular weight excluding hydrogens is 286 g/mol. The van der Waals surface area contributed by atoms with E-state index < -0.39 is 0 Å². The van der Waals surface area contributed by atoms with Crippen LogP contribution in [0.3, 0.4) is 0 Å². The Morgan fingerprint density at radius 1 is 1.27 bits per heavy atom. The van der Waals surface area contributed by atoms with E-state index in [9.17, 15) is 9.59 Å². The van der Waals surface area contributed by atoms with Crippen molar-refractivity contribution in [1.29, 1.82) is 0 Å². The maximum Gasteiger partial charge on any atom is 0.290 e. The van der Waals surface area contributed by atoms with Crippen LogP contribution in [0.1, 0.15) is 36.7 Å². The van der Waals surface area contributed by atoms with Gasteiger partial charge in [0.05, 0.1) is 6.26 Å². The van der Waals surface area contributed by atoms with Gasteiger partial charge < -0.3 is 19.2 Å². The molecule has 0 aliphatic carbocycles. The summed E-state index contributed by atoms with van der Waals surface area (Å²) in [5.74, 6) is -0.0728. The van der Waals surface area contributed by atoms with Crippen molar-refractivity contribution in [3.63, 3.8) is 0 Å². The molecule has 0 aliphatic heterocycles. The van der Waals surface area contributed by atoms with E-state index in [1.165, 1.54) is 23.5 Å². The van der Waals surface area contributed by atoms with E-state index in [1.54, 1.807) is 12.1 Å². The van der Waals surface area contributed by atoms with Gasteiger partial charge in [-0.3, -0.25) is 9.59 Å². The highest BCUT2D eigenvalue weighted by Crippen LogP contribution is 2.09. The number of rotatable bonds is 8. The van der Waals surface area contributed by atoms with Crippen molar-refractivity contribution < 1.29 is 18.5 Å². The smallest absolute Gasteiger partial charge is 0.290 e. The standard InChI is InChI=1S/C15H19N3O4/c1-2-3-4-8-18(15(20)12-6-5-9-21-12)11-14(19)16-13-7-10-22-17-13/h5-7,9-10H,2-4,8,11H2,1H3,(H,16,17,19). The zero-order valence-electron chi connectivity index (χ0n) is 12.4. The topological polar surface area (TPSA) is 88.6 Å². The number of unbranched alkanes of at least 4 members (excludes halogenated alkanes) is 2. The van der Waals surface area contributed by atoms with E-state index in [1.807, 2.05) is 0 Å². The van der Waals surface area contributed by atoms with Gasteiger partial charge in [-0.25, -0.2) is 0 Å². The number of anilines is 1. The summed E-state index contributed by atoms with van der Waals surface area (Å²) in [6, 6.07) is 4.77. The van der Waals surface area contributed by atoms with Crippen LogP contribution >= 0.6 is 0 Å². The molecule has 0 saturated carbocycles. The normalized spacial score (nSPS) is 10.4. The summed E-state index contributed by atoms with van der Waals surface area (Å²) in [4.78, 5) is 25.8. The molecule has 7 heteroatoms. The number of carbonyl (C=O) groups excluding carboxylic acids is 2. The first kappa shape index (κ1) is 15.8. The largest absolute Gasteiger partial charge is 0.459 e. The average molecular weight is 305 g/mol. The third-order valence-electron chi connectivity index (χ3n) is 3.09. The first-order valence-corrected chi connectivity index (χ1v) is 7.23. The van der Waals surface area contributed by atoms with Gasteiger partial charge >= 0.3 is 0 Å². The Morgan fingerprint density at radius 3 is 2.77 bits per heavy atom. The minimum absolute atomic E-state index is 0.0594. The van der Waals surface area contributed by atoms with Crippen molar-refractivity contribution in [2.75, 3.05) is 18.4 Å². The minimum Gasteiger partial charge on any atom is -0.459 e. The van der Waals surface area contributed by atoms with Crippen LogP contribution in [-0.2, 0) is 4.79 Å². The molecule has 0 aliphatic rings.